The lowest BCUT2D eigenvalue weighted by atomic mass is 9.97. The third kappa shape index (κ3) is 6.41. The van der Waals surface area contributed by atoms with Crippen LogP contribution in [0.15, 0.2) is 41.6 Å². The van der Waals surface area contributed by atoms with Crippen LogP contribution in [0.25, 0.3) is 0 Å². The van der Waals surface area contributed by atoms with E-state index >= 15 is 0 Å². The van der Waals surface area contributed by atoms with Gasteiger partial charge in [-0.25, -0.2) is 14.7 Å². The molecule has 37 heavy (non-hydrogen) atoms. The molecule has 2 aliphatic rings. The van der Waals surface area contributed by atoms with E-state index in [1.165, 1.54) is 25.3 Å². The number of piperazine rings is 1. The number of unbranched alkanes of at least 4 members (excludes halogenated alkanes) is 2. The fraction of sp³-hybridized carbons (Fsp3) is 0.593. The minimum absolute atomic E-state index is 0.163. The smallest absolute Gasteiger partial charge is 0.281 e. The number of anilines is 2. The topological polar surface area (TPSA) is 98.7 Å². The summed E-state index contributed by atoms with van der Waals surface area (Å²) < 4.78 is 28.6. The van der Waals surface area contributed by atoms with Crippen molar-refractivity contribution in [2.75, 3.05) is 49.1 Å². The molecule has 1 N–H and O–H groups in total. The van der Waals surface area contributed by atoms with Gasteiger partial charge in [-0.05, 0) is 63.4 Å². The average molecular weight is 529 g/mol. The lowest BCUT2D eigenvalue weighted by molar-refractivity contribution is 0.0981. The molecule has 10 heteroatoms. The minimum Gasteiger partial charge on any atom is -0.354 e. The van der Waals surface area contributed by atoms with Gasteiger partial charge in [0, 0.05) is 44.5 Å². The van der Waals surface area contributed by atoms with Gasteiger partial charge in [0.1, 0.15) is 11.6 Å². The van der Waals surface area contributed by atoms with Gasteiger partial charge >= 0.3 is 0 Å². The number of hydrogen-bond donors (Lipinski definition) is 1. The fourth-order valence-electron chi connectivity index (χ4n) is 5.49. The number of rotatable bonds is 9. The van der Waals surface area contributed by atoms with E-state index < -0.39 is 15.9 Å². The van der Waals surface area contributed by atoms with E-state index in [9.17, 15) is 13.2 Å². The number of aromatic nitrogens is 2. The molecule has 2 fully saturated rings. The summed E-state index contributed by atoms with van der Waals surface area (Å²) in [7, 11) is -4.17. The van der Waals surface area contributed by atoms with Crippen molar-refractivity contribution in [1.82, 2.24) is 19.6 Å². The van der Waals surface area contributed by atoms with Crippen LogP contribution in [0.3, 0.4) is 0 Å². The van der Waals surface area contributed by atoms with E-state index in [0.717, 1.165) is 45.7 Å². The first-order valence-corrected chi connectivity index (χ1v) is 14.8. The molecular formula is C27H40N6O3S. The van der Waals surface area contributed by atoms with E-state index in [0.29, 0.717) is 17.6 Å². The van der Waals surface area contributed by atoms with Crippen molar-refractivity contribution in [1.29, 1.82) is 0 Å². The highest BCUT2D eigenvalue weighted by atomic mass is 32.2. The van der Waals surface area contributed by atoms with Gasteiger partial charge < -0.3 is 9.80 Å². The molecule has 1 amide bonds. The first kappa shape index (κ1) is 27.3. The number of carbonyl (C=O) groups excluding carboxylic acids is 1. The predicted octanol–water partition coefficient (Wildman–Crippen LogP) is 3.53. The van der Waals surface area contributed by atoms with E-state index in [4.69, 9.17) is 0 Å². The predicted molar refractivity (Wildman–Crippen MR) is 147 cm³/mol. The highest BCUT2D eigenvalue weighted by Crippen LogP contribution is 2.37. The Morgan fingerprint density at radius 2 is 1.86 bits per heavy atom. The van der Waals surface area contributed by atoms with E-state index in [1.807, 2.05) is 6.07 Å². The summed E-state index contributed by atoms with van der Waals surface area (Å²) in [4.78, 5) is 28.8. The zero-order chi connectivity index (χ0) is 26.6. The van der Waals surface area contributed by atoms with E-state index in [-0.39, 0.29) is 16.1 Å². The van der Waals surface area contributed by atoms with Crippen molar-refractivity contribution in [3.63, 3.8) is 0 Å². The fourth-order valence-corrected chi connectivity index (χ4v) is 6.42. The van der Waals surface area contributed by atoms with Gasteiger partial charge in [0.05, 0.1) is 5.56 Å². The average Bonchev–Trinajstić information content (AvgIpc) is 3.16. The maximum absolute atomic E-state index is 13.2. The van der Waals surface area contributed by atoms with Gasteiger partial charge in [-0.1, -0.05) is 32.8 Å². The molecule has 4 heterocycles. The van der Waals surface area contributed by atoms with Crippen molar-refractivity contribution in [3.05, 3.63) is 42.1 Å². The van der Waals surface area contributed by atoms with Crippen LogP contribution in [0, 0.1) is 5.92 Å². The highest BCUT2D eigenvalue weighted by molar-refractivity contribution is 7.90. The number of pyridine rings is 2. The summed E-state index contributed by atoms with van der Waals surface area (Å²) in [6, 6.07) is 8.20. The van der Waals surface area contributed by atoms with Crippen LogP contribution in [0.5, 0.6) is 0 Å². The van der Waals surface area contributed by atoms with Crippen LogP contribution >= 0.6 is 0 Å². The molecule has 0 radical (unpaired) electrons. The van der Waals surface area contributed by atoms with Crippen LogP contribution in [-0.4, -0.2) is 74.0 Å². The SMILES string of the molecule is CCCCCN1CCN(c2cccc(S(=O)(=O)NC(=O)c3cccnc3N3CC(C)CC3(C)C)n2)CC1. The molecule has 4 rings (SSSR count). The molecule has 2 aromatic rings. The molecule has 9 nitrogen and oxygen atoms in total. The molecule has 2 aliphatic heterocycles. The van der Waals surface area contributed by atoms with Crippen molar-refractivity contribution in [2.45, 2.75) is 63.9 Å². The van der Waals surface area contributed by atoms with Crippen LogP contribution in [0.2, 0.25) is 0 Å². The summed E-state index contributed by atoms with van der Waals surface area (Å²) in [5, 5.41) is -0.163. The Balaban J connectivity index is 1.46. The van der Waals surface area contributed by atoms with Gasteiger partial charge in [0.25, 0.3) is 15.9 Å². The minimum atomic E-state index is -4.17. The second-order valence-electron chi connectivity index (χ2n) is 10.9. The number of nitrogens with one attached hydrogen (secondary N) is 1. The molecular weight excluding hydrogens is 488 g/mol. The van der Waals surface area contributed by atoms with Crippen LogP contribution < -0.4 is 14.5 Å². The molecule has 0 saturated carbocycles. The number of hydrogen-bond acceptors (Lipinski definition) is 8. The molecule has 202 valence electrons. The quantitative estimate of drug-likeness (QED) is 0.494. The summed E-state index contributed by atoms with van der Waals surface area (Å²) >= 11 is 0. The van der Waals surface area contributed by atoms with Gasteiger partial charge in [-0.3, -0.25) is 9.69 Å². The van der Waals surface area contributed by atoms with Gasteiger partial charge in [0.2, 0.25) is 0 Å². The maximum atomic E-state index is 13.2. The van der Waals surface area contributed by atoms with Crippen molar-refractivity contribution in [2.24, 2.45) is 5.92 Å². The van der Waals surface area contributed by atoms with Crippen LogP contribution in [0.4, 0.5) is 11.6 Å². The Morgan fingerprint density at radius 3 is 2.54 bits per heavy atom. The van der Waals surface area contributed by atoms with E-state index in [2.05, 4.69) is 57.1 Å². The van der Waals surface area contributed by atoms with Crippen LogP contribution in [-0.2, 0) is 10.0 Å². The Bertz CT molecular complexity index is 1190. The Hall–Kier alpha value is -2.72. The summed E-state index contributed by atoms with van der Waals surface area (Å²) in [6.07, 6.45) is 6.25. The molecule has 2 aromatic heterocycles. The molecule has 0 bridgehead atoms. The van der Waals surface area contributed by atoms with E-state index in [1.54, 1.807) is 24.4 Å². The third-order valence-electron chi connectivity index (χ3n) is 7.35. The second kappa shape index (κ2) is 11.3. The second-order valence-corrected chi connectivity index (χ2v) is 12.5. The molecule has 1 atom stereocenters. The highest BCUT2D eigenvalue weighted by Gasteiger charge is 2.39. The third-order valence-corrected chi connectivity index (χ3v) is 8.58. The molecule has 2 saturated heterocycles. The number of carbonyl (C=O) groups is 1. The molecule has 0 aromatic carbocycles. The first-order valence-electron chi connectivity index (χ1n) is 13.3. The number of nitrogens with zero attached hydrogens (tertiary/aromatic N) is 5. The van der Waals surface area contributed by atoms with Crippen molar-refractivity contribution < 1.29 is 13.2 Å². The monoisotopic (exact) mass is 528 g/mol. The Labute approximate surface area is 221 Å². The van der Waals surface area contributed by atoms with Gasteiger partial charge in [-0.2, -0.15) is 8.42 Å². The molecule has 1 unspecified atom stereocenters. The standard InChI is InChI=1S/C27H40N6O3S/c1-5-6-7-14-31-15-17-32(18-16-31)23-11-8-12-24(29-23)37(35,36)30-26(34)22-10-9-13-28-25(22)33-20-21(2)19-27(33,3)4/h8-13,21H,5-7,14-20H2,1-4H3,(H,30,34). The van der Waals surface area contributed by atoms with Gasteiger partial charge in [0.15, 0.2) is 5.03 Å². The Morgan fingerprint density at radius 1 is 1.11 bits per heavy atom. The summed E-state index contributed by atoms with van der Waals surface area (Å²) in [6.45, 7) is 13.9. The lowest BCUT2D eigenvalue weighted by Crippen LogP contribution is -2.47. The van der Waals surface area contributed by atoms with Crippen molar-refractivity contribution in [3.8, 4) is 0 Å². The number of amides is 1. The first-order chi connectivity index (χ1) is 17.6. The molecule has 0 aliphatic carbocycles. The Kier molecular flexibility index (Phi) is 8.38. The maximum Gasteiger partial charge on any atom is 0.281 e. The summed E-state index contributed by atoms with van der Waals surface area (Å²) in [5.41, 5.74) is 0.0565. The normalized spacial score (nSPS) is 20.3. The summed E-state index contributed by atoms with van der Waals surface area (Å²) in [5.74, 6) is 0.856. The number of sulfonamides is 1. The lowest BCUT2D eigenvalue weighted by Gasteiger charge is -2.35. The molecule has 0 spiro atoms. The zero-order valence-electron chi connectivity index (χ0n) is 22.5. The van der Waals surface area contributed by atoms with Crippen molar-refractivity contribution >= 4 is 27.6 Å². The largest absolute Gasteiger partial charge is 0.354 e. The zero-order valence-corrected chi connectivity index (χ0v) is 23.3. The van der Waals surface area contributed by atoms with Crippen LogP contribution in [0.1, 0.15) is 63.7 Å². The van der Waals surface area contributed by atoms with Gasteiger partial charge in [-0.15, -0.1) is 0 Å².